The lowest BCUT2D eigenvalue weighted by molar-refractivity contribution is -0.187. The largest absolute Gasteiger partial charge is 0.418 e. The molecule has 0 radical (unpaired) electrons. The Morgan fingerprint density at radius 3 is 2.45 bits per heavy atom. The first-order valence-corrected chi connectivity index (χ1v) is 8.87. The minimum Gasteiger partial charge on any atom is -0.335 e. The Bertz CT molecular complexity index is 735. The highest BCUT2D eigenvalue weighted by Gasteiger charge is 2.42. The van der Waals surface area contributed by atoms with Crippen LogP contribution in [0.25, 0.3) is 0 Å². The van der Waals surface area contributed by atoms with Crippen LogP contribution in [-0.4, -0.2) is 61.0 Å². The van der Waals surface area contributed by atoms with Gasteiger partial charge in [-0.25, -0.2) is 0 Å². The summed E-state index contributed by atoms with van der Waals surface area (Å²) in [5.41, 5.74) is -1.45. The molecule has 0 aliphatic carbocycles. The Hall–Kier alpha value is -2.30. The third kappa shape index (κ3) is 6.62. The SMILES string of the molecule is CN(CC(=O)Nc1ccccc1C(F)(F)F)C(=O)CN1CCC[C@H](C(F)(F)F)C1. The number of anilines is 1. The minimum atomic E-state index is -4.66. The minimum absolute atomic E-state index is 0.00501. The molecule has 0 spiro atoms. The number of halogens is 6. The van der Waals surface area contributed by atoms with Crippen LogP contribution in [0.3, 0.4) is 0 Å². The summed E-state index contributed by atoms with van der Waals surface area (Å²) in [5.74, 6) is -2.94. The number of para-hydroxylation sites is 1. The molecular formula is C18H21F6N3O2. The molecule has 162 valence electrons. The van der Waals surface area contributed by atoms with E-state index < -0.39 is 47.9 Å². The van der Waals surface area contributed by atoms with Crippen molar-refractivity contribution in [3.63, 3.8) is 0 Å². The molecule has 11 heteroatoms. The van der Waals surface area contributed by atoms with Crippen LogP contribution in [0.15, 0.2) is 24.3 Å². The maximum atomic E-state index is 13.0. The zero-order valence-electron chi connectivity index (χ0n) is 15.6. The number of carbonyl (C=O) groups excluding carboxylic acids is 2. The van der Waals surface area contributed by atoms with Crippen molar-refractivity contribution in [1.82, 2.24) is 9.80 Å². The van der Waals surface area contributed by atoms with Crippen molar-refractivity contribution >= 4 is 17.5 Å². The highest BCUT2D eigenvalue weighted by atomic mass is 19.4. The van der Waals surface area contributed by atoms with E-state index in [9.17, 15) is 35.9 Å². The predicted octanol–water partition coefficient (Wildman–Crippen LogP) is 3.38. The van der Waals surface area contributed by atoms with Crippen molar-refractivity contribution in [2.24, 2.45) is 5.92 Å². The number of alkyl halides is 6. The van der Waals surface area contributed by atoms with Crippen molar-refractivity contribution in [1.29, 1.82) is 0 Å². The van der Waals surface area contributed by atoms with Crippen LogP contribution in [0.5, 0.6) is 0 Å². The molecule has 1 aromatic rings. The molecule has 1 aromatic carbocycles. The number of rotatable bonds is 5. The number of nitrogens with one attached hydrogen (secondary N) is 1. The molecule has 1 atom stereocenters. The lowest BCUT2D eigenvalue weighted by Gasteiger charge is -2.34. The molecule has 1 aliphatic rings. The van der Waals surface area contributed by atoms with E-state index in [1.165, 1.54) is 24.1 Å². The van der Waals surface area contributed by atoms with Gasteiger partial charge in [-0.2, -0.15) is 26.3 Å². The van der Waals surface area contributed by atoms with Crippen molar-refractivity contribution in [2.75, 3.05) is 38.5 Å². The van der Waals surface area contributed by atoms with E-state index in [0.29, 0.717) is 13.0 Å². The molecular weight excluding hydrogens is 404 g/mol. The Balaban J connectivity index is 1.91. The third-order valence-corrected chi connectivity index (χ3v) is 4.64. The van der Waals surface area contributed by atoms with E-state index in [0.717, 1.165) is 17.0 Å². The van der Waals surface area contributed by atoms with E-state index in [1.54, 1.807) is 0 Å². The predicted molar refractivity (Wildman–Crippen MR) is 92.9 cm³/mol. The zero-order chi connectivity index (χ0) is 21.8. The Labute approximate surface area is 163 Å². The van der Waals surface area contributed by atoms with Gasteiger partial charge < -0.3 is 10.2 Å². The van der Waals surface area contributed by atoms with E-state index in [1.807, 2.05) is 0 Å². The summed E-state index contributed by atoms with van der Waals surface area (Å²) >= 11 is 0. The van der Waals surface area contributed by atoms with E-state index in [-0.39, 0.29) is 19.5 Å². The number of piperidine rings is 1. The second-order valence-corrected chi connectivity index (χ2v) is 6.96. The Morgan fingerprint density at radius 1 is 1.17 bits per heavy atom. The average Bonchev–Trinajstić information content (AvgIpc) is 2.60. The van der Waals surface area contributed by atoms with Crippen molar-refractivity contribution in [2.45, 2.75) is 25.2 Å². The monoisotopic (exact) mass is 425 g/mol. The van der Waals surface area contributed by atoms with Gasteiger partial charge in [-0.05, 0) is 31.5 Å². The summed E-state index contributed by atoms with van der Waals surface area (Å²) in [4.78, 5) is 26.6. The number of carbonyl (C=O) groups is 2. The summed E-state index contributed by atoms with van der Waals surface area (Å²) in [6, 6.07) is 4.42. The fraction of sp³-hybridized carbons (Fsp3) is 0.556. The summed E-state index contributed by atoms with van der Waals surface area (Å²) in [6.45, 7) is -0.789. The molecule has 1 fully saturated rings. The van der Waals surface area contributed by atoms with Gasteiger partial charge in [0.25, 0.3) is 0 Å². The number of likely N-dealkylation sites (tertiary alicyclic amines) is 1. The first kappa shape index (κ1) is 23.0. The van der Waals surface area contributed by atoms with Gasteiger partial charge in [0.05, 0.1) is 30.3 Å². The fourth-order valence-corrected chi connectivity index (χ4v) is 3.11. The van der Waals surface area contributed by atoms with Crippen LogP contribution in [0, 0.1) is 5.92 Å². The first-order chi connectivity index (χ1) is 13.4. The van der Waals surface area contributed by atoms with E-state index in [2.05, 4.69) is 5.32 Å². The van der Waals surface area contributed by atoms with Crippen molar-refractivity contribution in [3.05, 3.63) is 29.8 Å². The number of nitrogens with zero attached hydrogens (tertiary/aromatic N) is 2. The molecule has 5 nitrogen and oxygen atoms in total. The van der Waals surface area contributed by atoms with Crippen LogP contribution in [0.1, 0.15) is 18.4 Å². The van der Waals surface area contributed by atoms with E-state index in [4.69, 9.17) is 0 Å². The van der Waals surface area contributed by atoms with Gasteiger partial charge in [-0.3, -0.25) is 14.5 Å². The highest BCUT2D eigenvalue weighted by Crippen LogP contribution is 2.35. The third-order valence-electron chi connectivity index (χ3n) is 4.64. The number of benzene rings is 1. The summed E-state index contributed by atoms with van der Waals surface area (Å²) in [7, 11) is 1.27. The van der Waals surface area contributed by atoms with Crippen LogP contribution < -0.4 is 5.32 Å². The highest BCUT2D eigenvalue weighted by molar-refractivity contribution is 5.95. The van der Waals surface area contributed by atoms with Gasteiger partial charge >= 0.3 is 12.4 Å². The van der Waals surface area contributed by atoms with Gasteiger partial charge in [0.1, 0.15) is 0 Å². The van der Waals surface area contributed by atoms with Gasteiger partial charge in [0.15, 0.2) is 0 Å². The molecule has 0 saturated carbocycles. The summed E-state index contributed by atoms with van der Waals surface area (Å²) in [5, 5.41) is 2.12. The van der Waals surface area contributed by atoms with Crippen LogP contribution in [0.2, 0.25) is 0 Å². The van der Waals surface area contributed by atoms with Crippen LogP contribution >= 0.6 is 0 Å². The van der Waals surface area contributed by atoms with E-state index >= 15 is 0 Å². The Kier molecular flexibility index (Phi) is 7.15. The number of amides is 2. The van der Waals surface area contributed by atoms with Crippen molar-refractivity contribution in [3.8, 4) is 0 Å². The zero-order valence-corrected chi connectivity index (χ0v) is 15.6. The molecule has 1 saturated heterocycles. The smallest absolute Gasteiger partial charge is 0.335 e. The standard InChI is InChI=1S/C18H21F6N3O2/c1-26(16(29)11-27-8-4-5-12(9-27)17(19,20)21)10-15(28)25-14-7-3-2-6-13(14)18(22,23)24/h2-3,6-7,12H,4-5,8-11H2,1H3,(H,25,28)/t12-/m0/s1. The fourth-order valence-electron chi connectivity index (χ4n) is 3.11. The maximum Gasteiger partial charge on any atom is 0.418 e. The molecule has 0 bridgehead atoms. The lowest BCUT2D eigenvalue weighted by atomic mass is 9.97. The second kappa shape index (κ2) is 9.02. The van der Waals surface area contributed by atoms with Crippen molar-refractivity contribution < 1.29 is 35.9 Å². The van der Waals surface area contributed by atoms with Gasteiger partial charge in [0, 0.05) is 13.6 Å². The van der Waals surface area contributed by atoms with Gasteiger partial charge in [0.2, 0.25) is 11.8 Å². The molecule has 0 aromatic heterocycles. The van der Waals surface area contributed by atoms with Gasteiger partial charge in [-0.1, -0.05) is 12.1 Å². The molecule has 29 heavy (non-hydrogen) atoms. The van der Waals surface area contributed by atoms with Gasteiger partial charge in [-0.15, -0.1) is 0 Å². The topological polar surface area (TPSA) is 52.7 Å². The first-order valence-electron chi connectivity index (χ1n) is 8.87. The Morgan fingerprint density at radius 2 is 1.83 bits per heavy atom. The van der Waals surface area contributed by atoms with Crippen LogP contribution in [-0.2, 0) is 15.8 Å². The lowest BCUT2D eigenvalue weighted by Crippen LogP contribution is -2.47. The van der Waals surface area contributed by atoms with Crippen LogP contribution in [0.4, 0.5) is 32.0 Å². The quantitative estimate of drug-likeness (QED) is 0.736. The normalized spacial score (nSPS) is 18.4. The molecule has 1 heterocycles. The molecule has 0 unspecified atom stereocenters. The molecule has 1 aliphatic heterocycles. The number of hydrogen-bond donors (Lipinski definition) is 1. The second-order valence-electron chi connectivity index (χ2n) is 6.96. The summed E-state index contributed by atoms with van der Waals surface area (Å²) < 4.78 is 77.4. The molecule has 2 rings (SSSR count). The maximum absolute atomic E-state index is 13.0. The summed E-state index contributed by atoms with van der Waals surface area (Å²) in [6.07, 6.45) is -8.69. The number of hydrogen-bond acceptors (Lipinski definition) is 3. The molecule has 1 N–H and O–H groups in total. The number of likely N-dealkylation sites (N-methyl/N-ethyl adjacent to an activating group) is 1. The average molecular weight is 425 g/mol. The molecule has 2 amide bonds.